The maximum Gasteiger partial charge on any atom is 0.101 e. The van der Waals surface area contributed by atoms with Gasteiger partial charge in [-0.15, -0.1) is 0 Å². The van der Waals surface area contributed by atoms with E-state index in [2.05, 4.69) is 0 Å². The van der Waals surface area contributed by atoms with Gasteiger partial charge in [0.1, 0.15) is 5.83 Å². The average molecular weight is 211 g/mol. The number of hydrogen-bond donors (Lipinski definition) is 0. The van der Waals surface area contributed by atoms with Crippen molar-refractivity contribution in [3.8, 4) is 0 Å². The van der Waals surface area contributed by atoms with Crippen LogP contribution >= 0.6 is 11.6 Å². The topological polar surface area (TPSA) is 0 Å². The van der Waals surface area contributed by atoms with Gasteiger partial charge in [0, 0.05) is 5.02 Å². The van der Waals surface area contributed by atoms with E-state index in [1.165, 1.54) is 6.92 Å². The van der Waals surface area contributed by atoms with Crippen molar-refractivity contribution in [2.75, 3.05) is 0 Å². The quantitative estimate of drug-likeness (QED) is 0.677. The second-order valence-corrected chi connectivity index (χ2v) is 4.16. The first-order chi connectivity index (χ1) is 6.68. The molecule has 0 radical (unpaired) electrons. The molecule has 0 heterocycles. The van der Waals surface area contributed by atoms with Crippen LogP contribution in [0.4, 0.5) is 4.39 Å². The van der Waals surface area contributed by atoms with Crippen molar-refractivity contribution in [1.29, 1.82) is 0 Å². The summed E-state index contributed by atoms with van der Waals surface area (Å²) in [5.41, 5.74) is 1.83. The van der Waals surface area contributed by atoms with E-state index in [-0.39, 0.29) is 5.83 Å². The van der Waals surface area contributed by atoms with Crippen LogP contribution in [0.15, 0.2) is 30.1 Å². The third-order valence-corrected chi connectivity index (χ3v) is 2.76. The van der Waals surface area contributed by atoms with Crippen molar-refractivity contribution < 1.29 is 4.39 Å². The van der Waals surface area contributed by atoms with Crippen LogP contribution in [0, 0.1) is 5.92 Å². The monoisotopic (exact) mass is 210 g/mol. The zero-order chi connectivity index (χ0) is 10.1. The Morgan fingerprint density at radius 1 is 1.29 bits per heavy atom. The van der Waals surface area contributed by atoms with Crippen LogP contribution in [-0.2, 0) is 0 Å². The lowest BCUT2D eigenvalue weighted by atomic mass is 10.0. The van der Waals surface area contributed by atoms with Crippen molar-refractivity contribution in [3.05, 3.63) is 40.7 Å². The Bertz CT molecular complexity index is 356. The van der Waals surface area contributed by atoms with Gasteiger partial charge in [-0.2, -0.15) is 0 Å². The van der Waals surface area contributed by atoms with E-state index in [0.717, 1.165) is 24.0 Å². The smallest absolute Gasteiger partial charge is 0.101 e. The highest BCUT2D eigenvalue weighted by Crippen LogP contribution is 2.43. The highest BCUT2D eigenvalue weighted by Gasteiger charge is 2.28. The van der Waals surface area contributed by atoms with Gasteiger partial charge in [0.15, 0.2) is 0 Å². The molecule has 0 N–H and O–H groups in total. The summed E-state index contributed by atoms with van der Waals surface area (Å²) in [7, 11) is 0. The van der Waals surface area contributed by atoms with Gasteiger partial charge in [0.05, 0.1) is 0 Å². The van der Waals surface area contributed by atoms with E-state index >= 15 is 0 Å². The largest absolute Gasteiger partial charge is 0.212 e. The van der Waals surface area contributed by atoms with Gasteiger partial charge in [-0.1, -0.05) is 23.7 Å². The summed E-state index contributed by atoms with van der Waals surface area (Å²) >= 11 is 5.78. The van der Waals surface area contributed by atoms with E-state index < -0.39 is 0 Å². The van der Waals surface area contributed by atoms with Crippen molar-refractivity contribution in [1.82, 2.24) is 0 Å². The lowest BCUT2D eigenvalue weighted by molar-refractivity contribution is 0.638. The molecule has 1 aliphatic rings. The Morgan fingerprint density at radius 2 is 1.86 bits per heavy atom. The summed E-state index contributed by atoms with van der Waals surface area (Å²) < 4.78 is 13.3. The molecule has 0 bridgehead atoms. The molecule has 1 aromatic carbocycles. The van der Waals surface area contributed by atoms with E-state index in [0.29, 0.717) is 10.9 Å². The van der Waals surface area contributed by atoms with Crippen LogP contribution in [-0.4, -0.2) is 0 Å². The predicted molar refractivity (Wildman–Crippen MR) is 57.9 cm³/mol. The molecule has 14 heavy (non-hydrogen) atoms. The first kappa shape index (κ1) is 9.72. The Labute approximate surface area is 88.4 Å². The Balaban J connectivity index is 2.36. The first-order valence-electron chi connectivity index (χ1n) is 4.80. The normalized spacial score (nSPS) is 17.9. The number of halogens is 2. The Hall–Kier alpha value is -0.820. The zero-order valence-electron chi connectivity index (χ0n) is 8.06. The minimum Gasteiger partial charge on any atom is -0.212 e. The lowest BCUT2D eigenvalue weighted by Crippen LogP contribution is -1.88. The van der Waals surface area contributed by atoms with E-state index in [4.69, 9.17) is 11.6 Å². The van der Waals surface area contributed by atoms with E-state index in [9.17, 15) is 4.39 Å². The van der Waals surface area contributed by atoms with Crippen LogP contribution < -0.4 is 0 Å². The summed E-state index contributed by atoms with van der Waals surface area (Å²) in [6, 6.07) is 7.39. The fraction of sp³-hybridized carbons (Fsp3) is 0.333. The van der Waals surface area contributed by atoms with Gasteiger partial charge in [-0.05, 0) is 49.0 Å². The van der Waals surface area contributed by atoms with Gasteiger partial charge >= 0.3 is 0 Å². The first-order valence-corrected chi connectivity index (χ1v) is 5.18. The molecule has 0 saturated heterocycles. The molecule has 1 saturated carbocycles. The third-order valence-electron chi connectivity index (χ3n) is 2.51. The van der Waals surface area contributed by atoms with Crippen molar-refractivity contribution in [2.45, 2.75) is 19.8 Å². The van der Waals surface area contributed by atoms with Gasteiger partial charge in [-0.3, -0.25) is 0 Å². The molecule has 1 aromatic rings. The van der Waals surface area contributed by atoms with Crippen molar-refractivity contribution in [3.63, 3.8) is 0 Å². The summed E-state index contributed by atoms with van der Waals surface area (Å²) in [6.45, 7) is 1.53. The lowest BCUT2D eigenvalue weighted by Gasteiger charge is -2.06. The number of benzene rings is 1. The van der Waals surface area contributed by atoms with Crippen LogP contribution in [0.5, 0.6) is 0 Å². The molecule has 0 nitrogen and oxygen atoms in total. The molecule has 0 spiro atoms. The fourth-order valence-corrected chi connectivity index (χ4v) is 1.84. The second kappa shape index (κ2) is 3.74. The highest BCUT2D eigenvalue weighted by molar-refractivity contribution is 6.30. The summed E-state index contributed by atoms with van der Waals surface area (Å²) in [5, 5.41) is 0.695. The summed E-state index contributed by atoms with van der Waals surface area (Å²) in [5.74, 6) is 0.371. The van der Waals surface area contributed by atoms with Gasteiger partial charge in [-0.25, -0.2) is 4.39 Å². The van der Waals surface area contributed by atoms with Gasteiger partial charge < -0.3 is 0 Å². The number of rotatable bonds is 2. The fourth-order valence-electron chi connectivity index (χ4n) is 1.72. The molecule has 74 valence electrons. The van der Waals surface area contributed by atoms with Gasteiger partial charge in [0.2, 0.25) is 0 Å². The van der Waals surface area contributed by atoms with Crippen LogP contribution in [0.1, 0.15) is 25.3 Å². The average Bonchev–Trinajstić information content (AvgIpc) is 2.92. The number of hydrogen-bond acceptors (Lipinski definition) is 0. The Kier molecular flexibility index (Phi) is 2.60. The maximum atomic E-state index is 13.3. The van der Waals surface area contributed by atoms with E-state index in [1.807, 2.05) is 24.3 Å². The predicted octanol–water partition coefficient (Wildman–Crippen LogP) is 4.45. The van der Waals surface area contributed by atoms with Crippen LogP contribution in [0.2, 0.25) is 5.02 Å². The van der Waals surface area contributed by atoms with Crippen molar-refractivity contribution in [2.24, 2.45) is 5.92 Å². The minimum absolute atomic E-state index is 0.0603. The SMILES string of the molecule is CC(F)=C(c1ccc(Cl)cc1)C1CC1. The molecule has 2 rings (SSSR count). The Morgan fingerprint density at radius 3 is 2.29 bits per heavy atom. The molecular weight excluding hydrogens is 199 g/mol. The molecule has 1 fully saturated rings. The standard InChI is InChI=1S/C12H12ClF/c1-8(14)12(9-2-3-9)10-4-6-11(13)7-5-10/h4-7,9H,2-3H2,1H3. The second-order valence-electron chi connectivity index (χ2n) is 3.73. The van der Waals surface area contributed by atoms with E-state index in [1.54, 1.807) is 0 Å². The van der Waals surface area contributed by atoms with Crippen LogP contribution in [0.3, 0.4) is 0 Å². The van der Waals surface area contributed by atoms with Crippen molar-refractivity contribution >= 4 is 17.2 Å². The molecule has 0 aliphatic heterocycles. The number of allylic oxidation sites excluding steroid dienone is 2. The van der Waals surface area contributed by atoms with Gasteiger partial charge in [0.25, 0.3) is 0 Å². The molecule has 0 atom stereocenters. The molecule has 0 amide bonds. The summed E-state index contributed by atoms with van der Waals surface area (Å²) in [4.78, 5) is 0. The summed E-state index contributed by atoms with van der Waals surface area (Å²) in [6.07, 6.45) is 2.22. The molecule has 0 aromatic heterocycles. The third kappa shape index (κ3) is 1.98. The minimum atomic E-state index is -0.0603. The highest BCUT2D eigenvalue weighted by atomic mass is 35.5. The molecule has 1 aliphatic carbocycles. The molecular formula is C12H12ClF. The van der Waals surface area contributed by atoms with Crippen LogP contribution in [0.25, 0.3) is 5.57 Å². The molecule has 2 heteroatoms. The molecule has 0 unspecified atom stereocenters. The maximum absolute atomic E-state index is 13.3. The zero-order valence-corrected chi connectivity index (χ0v) is 8.81.